The fraction of sp³-hybridized carbons (Fsp3) is 0.500. The van der Waals surface area contributed by atoms with Crippen LogP contribution in [-0.2, 0) is 23.2 Å². The smallest absolute Gasteiger partial charge is 0.243 e. The molecule has 0 unspecified atom stereocenters. The molecule has 7 nitrogen and oxygen atoms in total. The van der Waals surface area contributed by atoms with Crippen molar-refractivity contribution in [2.45, 2.75) is 37.8 Å². The molecule has 8 heteroatoms. The Hall–Kier alpha value is -1.77. The summed E-state index contributed by atoms with van der Waals surface area (Å²) < 4.78 is 28.9. The predicted molar refractivity (Wildman–Crippen MR) is 88.6 cm³/mol. The van der Waals surface area contributed by atoms with Gasteiger partial charge >= 0.3 is 0 Å². The number of hydrogen-bond donors (Lipinski definition) is 1. The van der Waals surface area contributed by atoms with Gasteiger partial charge in [0.25, 0.3) is 0 Å². The quantitative estimate of drug-likeness (QED) is 0.875. The molecular weight excluding hydrogens is 328 g/mol. The standard InChI is InChI=1S/C16H22N4O3S/c1-13-4-2-6-16(8-13)24(22,23)20-7-3-5-14(10-20)9-19-11-15(12-21)17-18-19/h2,4,6,8,11,14,21H,3,5,7,9-10,12H2,1H3/t14-/m1/s1. The third-order valence-electron chi connectivity index (χ3n) is 4.30. The summed E-state index contributed by atoms with van der Waals surface area (Å²) >= 11 is 0. The zero-order valence-corrected chi connectivity index (χ0v) is 14.5. The Balaban J connectivity index is 1.72. The van der Waals surface area contributed by atoms with Crippen LogP contribution in [0.1, 0.15) is 24.1 Å². The minimum atomic E-state index is -3.46. The molecule has 1 aliphatic heterocycles. The molecule has 0 spiro atoms. The third kappa shape index (κ3) is 3.66. The monoisotopic (exact) mass is 350 g/mol. The third-order valence-corrected chi connectivity index (χ3v) is 6.16. The van der Waals surface area contributed by atoms with Crippen LogP contribution in [0, 0.1) is 12.8 Å². The lowest BCUT2D eigenvalue weighted by Crippen LogP contribution is -2.41. The minimum absolute atomic E-state index is 0.140. The number of aliphatic hydroxyl groups excluding tert-OH is 1. The normalized spacial score (nSPS) is 19.5. The first-order valence-corrected chi connectivity index (χ1v) is 9.50. The van der Waals surface area contributed by atoms with E-state index in [2.05, 4.69) is 10.3 Å². The summed E-state index contributed by atoms with van der Waals surface area (Å²) in [6, 6.07) is 7.03. The summed E-state index contributed by atoms with van der Waals surface area (Å²) in [5.74, 6) is 0.187. The molecule has 0 aliphatic carbocycles. The number of benzene rings is 1. The van der Waals surface area contributed by atoms with E-state index in [1.54, 1.807) is 33.4 Å². The van der Waals surface area contributed by atoms with Crippen molar-refractivity contribution >= 4 is 10.0 Å². The lowest BCUT2D eigenvalue weighted by atomic mass is 10.00. The lowest BCUT2D eigenvalue weighted by molar-refractivity contribution is 0.238. The molecule has 0 amide bonds. The van der Waals surface area contributed by atoms with E-state index in [-0.39, 0.29) is 12.5 Å². The topological polar surface area (TPSA) is 88.3 Å². The van der Waals surface area contributed by atoms with Crippen molar-refractivity contribution in [2.75, 3.05) is 13.1 Å². The van der Waals surface area contributed by atoms with Crippen molar-refractivity contribution in [2.24, 2.45) is 5.92 Å². The van der Waals surface area contributed by atoms with Gasteiger partial charge in [-0.3, -0.25) is 4.68 Å². The lowest BCUT2D eigenvalue weighted by Gasteiger charge is -2.31. The van der Waals surface area contributed by atoms with Crippen LogP contribution in [0.15, 0.2) is 35.4 Å². The summed E-state index contributed by atoms with van der Waals surface area (Å²) in [5, 5.41) is 16.9. The fourth-order valence-electron chi connectivity index (χ4n) is 3.08. The molecule has 1 aromatic heterocycles. The summed E-state index contributed by atoms with van der Waals surface area (Å²) in [7, 11) is -3.46. The summed E-state index contributed by atoms with van der Waals surface area (Å²) in [4.78, 5) is 0.353. The van der Waals surface area contributed by atoms with Crippen LogP contribution in [0.5, 0.6) is 0 Å². The van der Waals surface area contributed by atoms with Gasteiger partial charge in [0.2, 0.25) is 10.0 Å². The maximum absolute atomic E-state index is 12.8. The minimum Gasteiger partial charge on any atom is -0.390 e. The van der Waals surface area contributed by atoms with E-state index in [9.17, 15) is 8.42 Å². The maximum Gasteiger partial charge on any atom is 0.243 e. The van der Waals surface area contributed by atoms with Gasteiger partial charge < -0.3 is 5.11 Å². The number of hydrogen-bond acceptors (Lipinski definition) is 5. The average Bonchev–Trinajstić information content (AvgIpc) is 3.03. The zero-order valence-electron chi connectivity index (χ0n) is 13.7. The highest BCUT2D eigenvalue weighted by molar-refractivity contribution is 7.89. The van der Waals surface area contributed by atoms with Crippen molar-refractivity contribution < 1.29 is 13.5 Å². The largest absolute Gasteiger partial charge is 0.390 e. The van der Waals surface area contributed by atoms with Gasteiger partial charge in [0.05, 0.1) is 17.7 Å². The molecule has 130 valence electrons. The van der Waals surface area contributed by atoms with E-state index in [0.717, 1.165) is 18.4 Å². The summed E-state index contributed by atoms with van der Waals surface area (Å²) in [5.41, 5.74) is 1.46. The Morgan fingerprint density at radius 3 is 2.92 bits per heavy atom. The van der Waals surface area contributed by atoms with E-state index in [1.165, 1.54) is 0 Å². The van der Waals surface area contributed by atoms with Crippen LogP contribution in [0.3, 0.4) is 0 Å². The number of aryl methyl sites for hydroxylation is 1. The Bertz CT molecular complexity index is 803. The number of sulfonamides is 1. The highest BCUT2D eigenvalue weighted by Crippen LogP contribution is 2.25. The molecule has 0 saturated carbocycles. The van der Waals surface area contributed by atoms with Gasteiger partial charge in [0.1, 0.15) is 5.69 Å². The highest BCUT2D eigenvalue weighted by atomic mass is 32.2. The van der Waals surface area contributed by atoms with Crippen molar-refractivity contribution in [1.82, 2.24) is 19.3 Å². The molecular formula is C16H22N4O3S. The summed E-state index contributed by atoms with van der Waals surface area (Å²) in [6.07, 6.45) is 3.49. The molecule has 3 rings (SSSR count). The van der Waals surface area contributed by atoms with Gasteiger partial charge in [-0.05, 0) is 43.4 Å². The van der Waals surface area contributed by atoms with Crippen LogP contribution in [0.25, 0.3) is 0 Å². The number of rotatable bonds is 5. The number of piperidine rings is 1. The van der Waals surface area contributed by atoms with Crippen molar-refractivity contribution in [3.8, 4) is 0 Å². The molecule has 1 N–H and O–H groups in total. The van der Waals surface area contributed by atoms with Gasteiger partial charge in [-0.25, -0.2) is 8.42 Å². The van der Waals surface area contributed by atoms with Crippen molar-refractivity contribution in [3.05, 3.63) is 41.7 Å². The van der Waals surface area contributed by atoms with Gasteiger partial charge in [0.15, 0.2) is 0 Å². The predicted octanol–water partition coefficient (Wildman–Crippen LogP) is 1.18. The Morgan fingerprint density at radius 2 is 2.21 bits per heavy atom. The molecule has 0 bridgehead atoms. The molecule has 0 radical (unpaired) electrons. The first-order chi connectivity index (χ1) is 11.5. The molecule has 24 heavy (non-hydrogen) atoms. The molecule has 1 fully saturated rings. The van der Waals surface area contributed by atoms with Crippen LogP contribution < -0.4 is 0 Å². The number of nitrogens with zero attached hydrogens (tertiary/aromatic N) is 4. The molecule has 1 aliphatic rings. The number of aliphatic hydroxyl groups is 1. The van der Waals surface area contributed by atoms with Crippen LogP contribution in [0.4, 0.5) is 0 Å². The van der Waals surface area contributed by atoms with E-state index in [4.69, 9.17) is 5.11 Å². The SMILES string of the molecule is Cc1cccc(S(=O)(=O)N2CCC[C@H](Cn3cc(CO)nn3)C2)c1. The fourth-order valence-corrected chi connectivity index (χ4v) is 4.74. The van der Waals surface area contributed by atoms with E-state index in [0.29, 0.717) is 30.2 Å². The first-order valence-electron chi connectivity index (χ1n) is 8.06. The van der Waals surface area contributed by atoms with E-state index in [1.807, 2.05) is 13.0 Å². The molecule has 1 atom stereocenters. The Morgan fingerprint density at radius 1 is 1.38 bits per heavy atom. The van der Waals surface area contributed by atoms with Crippen LogP contribution in [0.2, 0.25) is 0 Å². The van der Waals surface area contributed by atoms with E-state index < -0.39 is 10.0 Å². The first kappa shape index (κ1) is 17.1. The van der Waals surface area contributed by atoms with Gasteiger partial charge in [-0.2, -0.15) is 4.31 Å². The maximum atomic E-state index is 12.8. The van der Waals surface area contributed by atoms with Crippen LogP contribution in [-0.4, -0.2) is 45.9 Å². The molecule has 1 saturated heterocycles. The molecule has 2 aromatic rings. The second-order valence-corrected chi connectivity index (χ2v) is 8.22. The van der Waals surface area contributed by atoms with Gasteiger partial charge in [-0.15, -0.1) is 5.10 Å². The summed E-state index contributed by atoms with van der Waals surface area (Å²) in [6.45, 7) is 3.38. The zero-order chi connectivity index (χ0) is 17.2. The van der Waals surface area contributed by atoms with Crippen molar-refractivity contribution in [3.63, 3.8) is 0 Å². The van der Waals surface area contributed by atoms with Crippen molar-refractivity contribution in [1.29, 1.82) is 0 Å². The van der Waals surface area contributed by atoms with E-state index >= 15 is 0 Å². The molecule has 1 aromatic carbocycles. The second-order valence-electron chi connectivity index (χ2n) is 6.28. The Kier molecular flexibility index (Phi) is 4.98. The van der Waals surface area contributed by atoms with Gasteiger partial charge in [0, 0.05) is 19.6 Å². The number of aromatic nitrogens is 3. The average molecular weight is 350 g/mol. The second kappa shape index (κ2) is 7.00. The highest BCUT2D eigenvalue weighted by Gasteiger charge is 2.30. The van der Waals surface area contributed by atoms with Gasteiger partial charge in [-0.1, -0.05) is 17.3 Å². The van der Waals surface area contributed by atoms with Crippen LogP contribution >= 0.6 is 0 Å². The molecule has 2 heterocycles. The Labute approximate surface area is 142 Å².